The lowest BCUT2D eigenvalue weighted by molar-refractivity contribution is 0.0934. The highest BCUT2D eigenvalue weighted by Gasteiger charge is 2.35. The lowest BCUT2D eigenvalue weighted by Gasteiger charge is -2.33. The number of benzene rings is 2. The number of phenolic OH excluding ortho intramolecular Hbond substituents is 1. The Labute approximate surface area is 187 Å². The Hall–Kier alpha value is -2.83. The van der Waals surface area contributed by atoms with Crippen LogP contribution in [0, 0.1) is 6.92 Å². The van der Waals surface area contributed by atoms with Crippen LogP contribution < -0.4 is 4.18 Å². The molecule has 3 rings (SSSR count). The van der Waals surface area contributed by atoms with Crippen molar-refractivity contribution in [3.63, 3.8) is 0 Å². The van der Waals surface area contributed by atoms with Gasteiger partial charge in [-0.25, -0.2) is 13.2 Å². The van der Waals surface area contributed by atoms with E-state index in [9.17, 15) is 26.7 Å². The zero-order valence-corrected chi connectivity index (χ0v) is 19.2. The third-order valence-corrected chi connectivity index (χ3v) is 8.14. The Morgan fingerprint density at radius 2 is 1.62 bits per heavy atom. The molecule has 0 bridgehead atoms. The number of hydrogen-bond acceptors (Lipinski definition) is 8. The molecule has 10 nitrogen and oxygen atoms in total. The molecule has 1 amide bonds. The maximum atomic E-state index is 13.2. The lowest BCUT2D eigenvalue weighted by Crippen LogP contribution is -2.50. The van der Waals surface area contributed by atoms with Crippen molar-refractivity contribution in [3.05, 3.63) is 48.0 Å². The van der Waals surface area contributed by atoms with Crippen molar-refractivity contribution < 1.29 is 35.7 Å². The van der Waals surface area contributed by atoms with Crippen molar-refractivity contribution in [3.8, 4) is 11.5 Å². The van der Waals surface area contributed by atoms with E-state index < -0.39 is 36.0 Å². The summed E-state index contributed by atoms with van der Waals surface area (Å²) in [6.45, 7) is 3.74. The largest absolute Gasteiger partial charge is 0.508 e. The molecule has 0 aromatic heterocycles. The van der Waals surface area contributed by atoms with Crippen LogP contribution in [0.5, 0.6) is 11.5 Å². The molecule has 0 spiro atoms. The molecule has 0 atom stereocenters. The minimum Gasteiger partial charge on any atom is -0.508 e. The Morgan fingerprint density at radius 3 is 2.22 bits per heavy atom. The number of aromatic hydroxyl groups is 1. The van der Waals surface area contributed by atoms with Crippen molar-refractivity contribution in [1.82, 2.24) is 9.21 Å². The van der Waals surface area contributed by atoms with Crippen LogP contribution in [0.25, 0.3) is 0 Å². The van der Waals surface area contributed by atoms with Crippen LogP contribution in [0.1, 0.15) is 12.5 Å². The van der Waals surface area contributed by atoms with Gasteiger partial charge in [-0.2, -0.15) is 12.7 Å². The normalized spacial score (nSPS) is 15.4. The number of ether oxygens (including phenoxy) is 1. The second kappa shape index (κ2) is 9.35. The number of carbonyl (C=O) groups excluding carboxylic acids is 1. The first-order chi connectivity index (χ1) is 15.0. The molecule has 32 heavy (non-hydrogen) atoms. The van der Waals surface area contributed by atoms with Crippen LogP contribution in [0.15, 0.2) is 52.3 Å². The fourth-order valence-corrected chi connectivity index (χ4v) is 6.40. The summed E-state index contributed by atoms with van der Waals surface area (Å²) < 4.78 is 63.5. The predicted octanol–water partition coefficient (Wildman–Crippen LogP) is 1.93. The maximum absolute atomic E-state index is 13.2. The number of rotatable bonds is 6. The number of sulfonamides is 1. The molecule has 0 radical (unpaired) electrons. The topological polar surface area (TPSA) is 131 Å². The Morgan fingerprint density at radius 1 is 1.00 bits per heavy atom. The summed E-state index contributed by atoms with van der Waals surface area (Å²) in [7, 11) is -8.73. The van der Waals surface area contributed by atoms with E-state index in [2.05, 4.69) is 0 Å². The molecule has 0 unspecified atom stereocenters. The fourth-order valence-electron chi connectivity index (χ4n) is 3.28. The molecule has 1 aliphatic rings. The molecule has 1 saturated heterocycles. The van der Waals surface area contributed by atoms with Gasteiger partial charge in [0.15, 0.2) is 0 Å². The number of hydrogen-bond donors (Lipinski definition) is 1. The zero-order valence-electron chi connectivity index (χ0n) is 17.6. The minimum atomic E-state index is -4.53. The quantitative estimate of drug-likeness (QED) is 0.616. The van der Waals surface area contributed by atoms with Gasteiger partial charge in [0.2, 0.25) is 10.0 Å². The standard InChI is InChI=1S/C20H24N2O8S2/c1-3-29-20(24)21-8-10-22(11-9-21)31(25,26)18-6-4-5-7-19(18)32(27,28)30-17-13-15(2)12-16(23)14-17/h4-7,12-14,23H,3,8-11H2,1-2H3. The van der Waals surface area contributed by atoms with E-state index in [1.165, 1.54) is 35.2 Å². The second-order valence-corrected chi connectivity index (χ2v) is 10.5. The highest BCUT2D eigenvalue weighted by Crippen LogP contribution is 2.29. The number of phenols is 1. The Kier molecular flexibility index (Phi) is 6.96. The first-order valence-electron chi connectivity index (χ1n) is 9.80. The summed E-state index contributed by atoms with van der Waals surface area (Å²) in [4.78, 5) is 12.3. The van der Waals surface area contributed by atoms with E-state index in [0.29, 0.717) is 5.56 Å². The highest BCUT2D eigenvalue weighted by molar-refractivity contribution is 7.91. The first kappa shape index (κ1) is 23.8. The summed E-state index contributed by atoms with van der Waals surface area (Å²) in [5.41, 5.74) is 0.565. The van der Waals surface area contributed by atoms with Crippen molar-refractivity contribution in [2.75, 3.05) is 32.8 Å². The molecule has 2 aromatic rings. The van der Waals surface area contributed by atoms with Gasteiger partial charge in [0.05, 0.1) is 6.61 Å². The highest BCUT2D eigenvalue weighted by atomic mass is 32.2. The summed E-state index contributed by atoms with van der Waals surface area (Å²) in [6.07, 6.45) is -0.526. The predicted molar refractivity (Wildman–Crippen MR) is 114 cm³/mol. The van der Waals surface area contributed by atoms with Crippen molar-refractivity contribution in [2.45, 2.75) is 23.6 Å². The summed E-state index contributed by atoms with van der Waals surface area (Å²) in [5, 5.41) is 9.70. The number of aryl methyl sites for hydroxylation is 1. The van der Waals surface area contributed by atoms with Gasteiger partial charge in [-0.05, 0) is 43.7 Å². The summed E-state index contributed by atoms with van der Waals surface area (Å²) >= 11 is 0. The SMILES string of the molecule is CCOC(=O)N1CCN(S(=O)(=O)c2ccccc2S(=O)(=O)Oc2cc(C)cc(O)c2)CC1. The molecule has 1 aliphatic heterocycles. The lowest BCUT2D eigenvalue weighted by atomic mass is 10.2. The van der Waals surface area contributed by atoms with Crippen LogP contribution in [0.4, 0.5) is 4.79 Å². The van der Waals surface area contributed by atoms with Gasteiger partial charge < -0.3 is 18.9 Å². The maximum Gasteiger partial charge on any atom is 0.409 e. The number of piperazine rings is 1. The average molecular weight is 485 g/mol. The molecular formula is C20H24N2O8S2. The molecule has 1 N–H and O–H groups in total. The molecule has 1 heterocycles. The molecular weight excluding hydrogens is 460 g/mol. The molecule has 1 fully saturated rings. The van der Waals surface area contributed by atoms with Crippen molar-refractivity contribution >= 4 is 26.2 Å². The summed E-state index contributed by atoms with van der Waals surface area (Å²) in [6, 6.07) is 9.10. The molecule has 12 heteroatoms. The van der Waals surface area contributed by atoms with E-state index in [1.54, 1.807) is 13.8 Å². The van der Waals surface area contributed by atoms with Gasteiger partial charge in [0.1, 0.15) is 21.3 Å². The second-order valence-electron chi connectivity index (χ2n) is 7.08. The third kappa shape index (κ3) is 5.14. The van der Waals surface area contributed by atoms with E-state index in [4.69, 9.17) is 8.92 Å². The number of amides is 1. The van der Waals surface area contributed by atoms with E-state index in [0.717, 1.165) is 16.4 Å². The molecule has 174 valence electrons. The van der Waals surface area contributed by atoms with Gasteiger partial charge in [-0.1, -0.05) is 12.1 Å². The Balaban J connectivity index is 1.88. The van der Waals surface area contributed by atoms with Gasteiger partial charge in [-0.3, -0.25) is 0 Å². The fraction of sp³-hybridized carbons (Fsp3) is 0.350. The zero-order chi connectivity index (χ0) is 23.5. The Bertz CT molecular complexity index is 1180. The average Bonchev–Trinajstić information content (AvgIpc) is 2.73. The molecule has 0 aliphatic carbocycles. The van der Waals surface area contributed by atoms with Crippen LogP contribution >= 0.6 is 0 Å². The molecule has 2 aromatic carbocycles. The molecule has 0 saturated carbocycles. The smallest absolute Gasteiger partial charge is 0.409 e. The van der Waals surface area contributed by atoms with Crippen molar-refractivity contribution in [2.24, 2.45) is 0 Å². The van der Waals surface area contributed by atoms with Gasteiger partial charge in [-0.15, -0.1) is 0 Å². The minimum absolute atomic E-state index is 0.0118. The van der Waals surface area contributed by atoms with Gasteiger partial charge in [0.25, 0.3) is 0 Å². The summed E-state index contributed by atoms with van der Waals surface area (Å²) in [5.74, 6) is -0.326. The third-order valence-electron chi connectivity index (χ3n) is 4.74. The van der Waals surface area contributed by atoms with Crippen LogP contribution in [-0.2, 0) is 24.9 Å². The van der Waals surface area contributed by atoms with Gasteiger partial charge >= 0.3 is 16.2 Å². The van der Waals surface area contributed by atoms with Gasteiger partial charge in [0, 0.05) is 32.2 Å². The first-order valence-corrected chi connectivity index (χ1v) is 12.7. The number of nitrogens with zero attached hydrogens (tertiary/aromatic N) is 2. The van der Waals surface area contributed by atoms with E-state index in [-0.39, 0.29) is 44.3 Å². The van der Waals surface area contributed by atoms with Crippen LogP contribution in [-0.4, -0.2) is 70.0 Å². The van der Waals surface area contributed by atoms with Crippen LogP contribution in [0.3, 0.4) is 0 Å². The van der Waals surface area contributed by atoms with E-state index >= 15 is 0 Å². The van der Waals surface area contributed by atoms with Crippen LogP contribution in [0.2, 0.25) is 0 Å². The van der Waals surface area contributed by atoms with E-state index in [1.807, 2.05) is 0 Å². The number of carbonyl (C=O) groups is 1. The monoisotopic (exact) mass is 484 g/mol. The van der Waals surface area contributed by atoms with Crippen molar-refractivity contribution in [1.29, 1.82) is 0 Å².